The SMILES string of the molecule is CCC(NC(=O)c1ccc(CCN)cc1)c1ncc[nH]1. The molecule has 0 saturated carbocycles. The Morgan fingerprint density at radius 3 is 2.70 bits per heavy atom. The van der Waals surface area contributed by atoms with E-state index in [-0.39, 0.29) is 11.9 Å². The Labute approximate surface area is 118 Å². The maximum Gasteiger partial charge on any atom is 0.251 e. The van der Waals surface area contributed by atoms with Crippen molar-refractivity contribution in [3.63, 3.8) is 0 Å². The van der Waals surface area contributed by atoms with Crippen LogP contribution in [0.5, 0.6) is 0 Å². The minimum atomic E-state index is -0.0961. The summed E-state index contributed by atoms with van der Waals surface area (Å²) in [4.78, 5) is 19.4. The number of nitrogens with two attached hydrogens (primary N) is 1. The molecule has 1 unspecified atom stereocenters. The molecule has 0 radical (unpaired) electrons. The molecule has 0 bridgehead atoms. The van der Waals surface area contributed by atoms with Gasteiger partial charge >= 0.3 is 0 Å². The first-order chi connectivity index (χ1) is 9.74. The van der Waals surface area contributed by atoms with Gasteiger partial charge in [0.1, 0.15) is 5.82 Å². The van der Waals surface area contributed by atoms with Crippen molar-refractivity contribution in [2.45, 2.75) is 25.8 Å². The lowest BCUT2D eigenvalue weighted by atomic mass is 10.1. The fourth-order valence-electron chi connectivity index (χ4n) is 2.06. The number of nitrogens with one attached hydrogen (secondary N) is 2. The van der Waals surface area contributed by atoms with Gasteiger partial charge < -0.3 is 16.0 Å². The molecular weight excluding hydrogens is 252 g/mol. The summed E-state index contributed by atoms with van der Waals surface area (Å²) in [5, 5.41) is 2.98. The molecule has 1 amide bonds. The van der Waals surface area contributed by atoms with Gasteiger partial charge in [-0.2, -0.15) is 0 Å². The zero-order valence-electron chi connectivity index (χ0n) is 11.6. The minimum absolute atomic E-state index is 0.0902. The summed E-state index contributed by atoms with van der Waals surface area (Å²) in [5.41, 5.74) is 7.30. The molecule has 4 N–H and O–H groups in total. The van der Waals surface area contributed by atoms with Crippen molar-refractivity contribution in [2.24, 2.45) is 5.73 Å². The largest absolute Gasteiger partial charge is 0.347 e. The predicted octanol–water partition coefficient (Wildman–Crippen LogP) is 1.79. The molecule has 0 aliphatic heterocycles. The number of hydrogen-bond donors (Lipinski definition) is 3. The molecule has 20 heavy (non-hydrogen) atoms. The van der Waals surface area contributed by atoms with Gasteiger partial charge in [0.2, 0.25) is 0 Å². The average molecular weight is 272 g/mol. The molecule has 5 nitrogen and oxygen atoms in total. The highest BCUT2D eigenvalue weighted by molar-refractivity contribution is 5.94. The Kier molecular flexibility index (Phi) is 4.90. The van der Waals surface area contributed by atoms with E-state index in [1.807, 2.05) is 31.2 Å². The fraction of sp³-hybridized carbons (Fsp3) is 0.333. The average Bonchev–Trinajstić information content (AvgIpc) is 2.99. The molecule has 1 atom stereocenters. The lowest BCUT2D eigenvalue weighted by Crippen LogP contribution is -2.28. The van der Waals surface area contributed by atoms with Gasteiger partial charge in [-0.1, -0.05) is 19.1 Å². The number of aromatic amines is 1. The lowest BCUT2D eigenvalue weighted by molar-refractivity contribution is 0.0934. The number of rotatable bonds is 6. The number of imidazole rings is 1. The summed E-state index contributed by atoms with van der Waals surface area (Å²) in [6.45, 7) is 2.62. The normalized spacial score (nSPS) is 12.1. The Morgan fingerprint density at radius 1 is 1.40 bits per heavy atom. The Bertz CT molecular complexity index is 534. The van der Waals surface area contributed by atoms with Crippen LogP contribution in [0, 0.1) is 0 Å². The van der Waals surface area contributed by atoms with Crippen LogP contribution >= 0.6 is 0 Å². The highest BCUT2D eigenvalue weighted by Crippen LogP contribution is 2.13. The number of carbonyl (C=O) groups excluding carboxylic acids is 1. The van der Waals surface area contributed by atoms with E-state index in [0.717, 1.165) is 24.2 Å². The third-order valence-corrected chi connectivity index (χ3v) is 3.21. The number of amides is 1. The van der Waals surface area contributed by atoms with Crippen LogP contribution in [0.25, 0.3) is 0 Å². The predicted molar refractivity (Wildman–Crippen MR) is 78.3 cm³/mol. The standard InChI is InChI=1S/C15H20N4O/c1-2-13(14-17-9-10-18-14)19-15(20)12-5-3-11(4-6-12)7-8-16/h3-6,9-10,13H,2,7-8,16H2,1H3,(H,17,18)(H,19,20). The van der Waals surface area contributed by atoms with Crippen LogP contribution in [0.3, 0.4) is 0 Å². The smallest absolute Gasteiger partial charge is 0.251 e. The van der Waals surface area contributed by atoms with Crippen molar-refractivity contribution in [1.29, 1.82) is 0 Å². The number of carbonyl (C=O) groups is 1. The second-order valence-corrected chi connectivity index (χ2v) is 4.64. The second-order valence-electron chi connectivity index (χ2n) is 4.64. The van der Waals surface area contributed by atoms with E-state index >= 15 is 0 Å². The van der Waals surface area contributed by atoms with Crippen LogP contribution in [0.4, 0.5) is 0 Å². The van der Waals surface area contributed by atoms with Crippen LogP contribution < -0.4 is 11.1 Å². The van der Waals surface area contributed by atoms with Gasteiger partial charge in [-0.3, -0.25) is 4.79 Å². The van der Waals surface area contributed by atoms with E-state index in [0.29, 0.717) is 12.1 Å². The summed E-state index contributed by atoms with van der Waals surface area (Å²) in [6, 6.07) is 7.44. The van der Waals surface area contributed by atoms with Crippen molar-refractivity contribution >= 4 is 5.91 Å². The number of hydrogen-bond acceptors (Lipinski definition) is 3. The monoisotopic (exact) mass is 272 g/mol. The van der Waals surface area contributed by atoms with Gasteiger partial charge in [-0.05, 0) is 37.1 Å². The highest BCUT2D eigenvalue weighted by Gasteiger charge is 2.15. The number of aromatic nitrogens is 2. The molecule has 0 aliphatic rings. The molecule has 5 heteroatoms. The van der Waals surface area contributed by atoms with Gasteiger partial charge in [0.05, 0.1) is 6.04 Å². The quantitative estimate of drug-likeness (QED) is 0.749. The lowest BCUT2D eigenvalue weighted by Gasteiger charge is -2.14. The summed E-state index contributed by atoms with van der Waals surface area (Å²) >= 11 is 0. The Balaban J connectivity index is 2.03. The van der Waals surface area contributed by atoms with E-state index in [9.17, 15) is 4.79 Å². The van der Waals surface area contributed by atoms with Crippen LogP contribution in [-0.4, -0.2) is 22.4 Å². The van der Waals surface area contributed by atoms with Crippen molar-refractivity contribution in [2.75, 3.05) is 6.54 Å². The molecule has 1 aromatic carbocycles. The highest BCUT2D eigenvalue weighted by atomic mass is 16.1. The van der Waals surface area contributed by atoms with Gasteiger partial charge in [0.15, 0.2) is 0 Å². The first kappa shape index (κ1) is 14.3. The maximum absolute atomic E-state index is 12.2. The summed E-state index contributed by atoms with van der Waals surface area (Å²) < 4.78 is 0. The van der Waals surface area contributed by atoms with Crippen LogP contribution in [0.15, 0.2) is 36.7 Å². The molecule has 2 rings (SSSR count). The molecule has 0 spiro atoms. The van der Waals surface area contributed by atoms with Crippen molar-refractivity contribution in [3.05, 3.63) is 53.6 Å². The molecule has 0 aliphatic carbocycles. The van der Waals surface area contributed by atoms with E-state index in [2.05, 4.69) is 15.3 Å². The molecule has 106 valence electrons. The molecule has 2 aromatic rings. The maximum atomic E-state index is 12.2. The zero-order chi connectivity index (χ0) is 14.4. The van der Waals surface area contributed by atoms with Gasteiger partial charge in [-0.15, -0.1) is 0 Å². The van der Waals surface area contributed by atoms with Gasteiger partial charge in [-0.25, -0.2) is 4.98 Å². The van der Waals surface area contributed by atoms with Crippen LogP contribution in [-0.2, 0) is 6.42 Å². The number of H-pyrrole nitrogens is 1. The minimum Gasteiger partial charge on any atom is -0.347 e. The zero-order valence-corrected chi connectivity index (χ0v) is 11.6. The molecular formula is C15H20N4O. The first-order valence-electron chi connectivity index (χ1n) is 6.83. The molecule has 1 aromatic heterocycles. The Hall–Kier alpha value is -2.14. The van der Waals surface area contributed by atoms with E-state index in [1.165, 1.54) is 0 Å². The van der Waals surface area contributed by atoms with Crippen LogP contribution in [0.2, 0.25) is 0 Å². The van der Waals surface area contributed by atoms with E-state index < -0.39 is 0 Å². The summed E-state index contributed by atoms with van der Waals surface area (Å²) in [6.07, 6.45) is 5.05. The van der Waals surface area contributed by atoms with Crippen molar-refractivity contribution in [3.8, 4) is 0 Å². The van der Waals surface area contributed by atoms with Crippen molar-refractivity contribution < 1.29 is 4.79 Å². The molecule has 0 saturated heterocycles. The van der Waals surface area contributed by atoms with Gasteiger partial charge in [0, 0.05) is 18.0 Å². The van der Waals surface area contributed by atoms with Crippen LogP contribution in [0.1, 0.15) is 41.1 Å². The summed E-state index contributed by atoms with van der Waals surface area (Å²) in [7, 11) is 0. The summed E-state index contributed by atoms with van der Waals surface area (Å²) in [5.74, 6) is 0.688. The third-order valence-electron chi connectivity index (χ3n) is 3.21. The Morgan fingerprint density at radius 2 is 2.15 bits per heavy atom. The number of benzene rings is 1. The van der Waals surface area contributed by atoms with E-state index in [4.69, 9.17) is 5.73 Å². The topological polar surface area (TPSA) is 83.8 Å². The van der Waals surface area contributed by atoms with E-state index in [1.54, 1.807) is 12.4 Å². The first-order valence-corrected chi connectivity index (χ1v) is 6.83. The fourth-order valence-corrected chi connectivity index (χ4v) is 2.06. The van der Waals surface area contributed by atoms with Crippen molar-refractivity contribution in [1.82, 2.24) is 15.3 Å². The molecule has 1 heterocycles. The third kappa shape index (κ3) is 3.45. The van der Waals surface area contributed by atoms with Gasteiger partial charge in [0.25, 0.3) is 5.91 Å². The molecule has 0 fully saturated rings. The number of nitrogens with zero attached hydrogens (tertiary/aromatic N) is 1. The second kappa shape index (κ2) is 6.86.